The van der Waals surface area contributed by atoms with Crippen LogP contribution in [0.3, 0.4) is 0 Å². The van der Waals surface area contributed by atoms with Crippen molar-refractivity contribution in [1.29, 1.82) is 0 Å². The molecule has 4 heteroatoms. The van der Waals surface area contributed by atoms with E-state index in [2.05, 4.69) is 47.9 Å². The zero-order valence-electron chi connectivity index (χ0n) is 14.8. The topological polar surface area (TPSA) is 44.4 Å². The van der Waals surface area contributed by atoms with Crippen LogP contribution in [0.25, 0.3) is 0 Å². The highest BCUT2D eigenvalue weighted by Crippen LogP contribution is 2.17. The maximum absolute atomic E-state index is 11.9. The van der Waals surface area contributed by atoms with Gasteiger partial charge < -0.3 is 15.5 Å². The third-order valence-corrected chi connectivity index (χ3v) is 3.83. The quantitative estimate of drug-likeness (QED) is 0.781. The van der Waals surface area contributed by atoms with E-state index in [4.69, 9.17) is 0 Å². The molecular weight excluding hydrogens is 298 g/mol. The number of rotatable bonds is 8. The summed E-state index contributed by atoms with van der Waals surface area (Å²) in [5.41, 5.74) is 3.30. The first-order chi connectivity index (χ1) is 11.6. The Hall–Kier alpha value is -2.17. The van der Waals surface area contributed by atoms with Crippen LogP contribution in [0, 0.1) is 0 Å². The van der Waals surface area contributed by atoms with Gasteiger partial charge in [-0.25, -0.2) is 0 Å². The van der Waals surface area contributed by atoms with Gasteiger partial charge in [0.05, 0.1) is 6.54 Å². The minimum absolute atomic E-state index is 0.000768. The van der Waals surface area contributed by atoms with Crippen molar-refractivity contribution in [3.8, 4) is 0 Å². The highest BCUT2D eigenvalue weighted by molar-refractivity contribution is 5.92. The second-order valence-electron chi connectivity index (χ2n) is 6.24. The van der Waals surface area contributed by atoms with Gasteiger partial charge in [-0.2, -0.15) is 0 Å². The molecule has 2 aromatic carbocycles. The first-order valence-corrected chi connectivity index (χ1v) is 8.40. The fourth-order valence-electron chi connectivity index (χ4n) is 2.67. The summed E-state index contributed by atoms with van der Waals surface area (Å²) in [7, 11) is 3.77. The lowest BCUT2D eigenvalue weighted by atomic mass is 10.0. The van der Waals surface area contributed by atoms with Crippen LogP contribution in [0.5, 0.6) is 0 Å². The van der Waals surface area contributed by atoms with E-state index in [1.807, 2.05) is 43.3 Å². The Morgan fingerprint density at radius 2 is 1.83 bits per heavy atom. The number of likely N-dealkylation sites (N-methyl/N-ethyl adjacent to an activating group) is 1. The highest BCUT2D eigenvalue weighted by Gasteiger charge is 2.08. The molecule has 1 atom stereocenters. The van der Waals surface area contributed by atoms with Crippen LogP contribution < -0.4 is 10.6 Å². The van der Waals surface area contributed by atoms with E-state index < -0.39 is 0 Å². The Labute approximate surface area is 144 Å². The van der Waals surface area contributed by atoms with E-state index in [1.54, 1.807) is 0 Å². The summed E-state index contributed by atoms with van der Waals surface area (Å²) in [5, 5.41) is 6.53. The summed E-state index contributed by atoms with van der Waals surface area (Å²) in [6, 6.07) is 18.8. The van der Waals surface area contributed by atoms with E-state index in [0.29, 0.717) is 12.6 Å². The van der Waals surface area contributed by atoms with Crippen molar-refractivity contribution in [1.82, 2.24) is 10.2 Å². The van der Waals surface area contributed by atoms with E-state index in [1.165, 1.54) is 5.56 Å². The van der Waals surface area contributed by atoms with Gasteiger partial charge >= 0.3 is 0 Å². The third kappa shape index (κ3) is 5.80. The predicted molar refractivity (Wildman–Crippen MR) is 99.9 cm³/mol. The van der Waals surface area contributed by atoms with Gasteiger partial charge in [-0.1, -0.05) is 49.4 Å². The summed E-state index contributed by atoms with van der Waals surface area (Å²) in [5.74, 6) is 0.000768. The molecule has 0 aromatic heterocycles. The molecule has 0 bridgehead atoms. The van der Waals surface area contributed by atoms with Crippen LogP contribution in [0.2, 0.25) is 0 Å². The second kappa shape index (κ2) is 9.21. The van der Waals surface area contributed by atoms with Crippen molar-refractivity contribution >= 4 is 11.6 Å². The van der Waals surface area contributed by atoms with E-state index in [9.17, 15) is 4.79 Å². The normalized spacial score (nSPS) is 12.2. The van der Waals surface area contributed by atoms with Crippen LogP contribution in [0.1, 0.15) is 30.5 Å². The molecule has 2 rings (SSSR count). The SMILES string of the molecule is CCC(NCc1cccc(NC(=O)CN(C)C)c1)c1ccccc1. The fourth-order valence-corrected chi connectivity index (χ4v) is 2.67. The number of anilines is 1. The van der Waals surface area contributed by atoms with Crippen molar-refractivity contribution in [2.24, 2.45) is 0 Å². The van der Waals surface area contributed by atoms with E-state index in [-0.39, 0.29) is 5.91 Å². The molecule has 4 nitrogen and oxygen atoms in total. The van der Waals surface area contributed by atoms with Crippen molar-refractivity contribution in [3.05, 3.63) is 65.7 Å². The Bertz CT molecular complexity index is 640. The maximum Gasteiger partial charge on any atom is 0.238 e. The van der Waals surface area contributed by atoms with E-state index in [0.717, 1.165) is 24.2 Å². The number of nitrogens with one attached hydrogen (secondary N) is 2. The number of nitrogens with zero attached hydrogens (tertiary/aromatic N) is 1. The zero-order valence-corrected chi connectivity index (χ0v) is 14.8. The Kier molecular flexibility index (Phi) is 6.97. The average molecular weight is 325 g/mol. The standard InChI is InChI=1S/C20H27N3O/c1-4-19(17-10-6-5-7-11-17)21-14-16-9-8-12-18(13-16)22-20(24)15-23(2)3/h5-13,19,21H,4,14-15H2,1-3H3,(H,22,24). The second-order valence-corrected chi connectivity index (χ2v) is 6.24. The number of benzene rings is 2. The average Bonchev–Trinajstić information content (AvgIpc) is 2.56. The smallest absolute Gasteiger partial charge is 0.238 e. The van der Waals surface area contributed by atoms with Crippen molar-refractivity contribution in [2.75, 3.05) is 26.0 Å². The molecular formula is C20H27N3O. The summed E-state index contributed by atoms with van der Waals surface area (Å²) in [6.07, 6.45) is 1.03. The number of carbonyl (C=O) groups excluding carboxylic acids is 1. The van der Waals surface area contributed by atoms with Gasteiger partial charge in [-0.05, 0) is 43.8 Å². The van der Waals surface area contributed by atoms with Crippen LogP contribution >= 0.6 is 0 Å². The molecule has 1 amide bonds. The molecule has 0 aliphatic heterocycles. The Balaban J connectivity index is 1.95. The van der Waals surface area contributed by atoms with Gasteiger partial charge in [0.2, 0.25) is 5.91 Å². The molecule has 2 aromatic rings. The van der Waals surface area contributed by atoms with Gasteiger partial charge in [0.1, 0.15) is 0 Å². The van der Waals surface area contributed by atoms with Crippen LogP contribution in [-0.4, -0.2) is 31.4 Å². The summed E-state index contributed by atoms with van der Waals surface area (Å²) in [6.45, 7) is 3.34. The van der Waals surface area contributed by atoms with Gasteiger partial charge in [0.15, 0.2) is 0 Å². The third-order valence-electron chi connectivity index (χ3n) is 3.83. The molecule has 2 N–H and O–H groups in total. The lowest BCUT2D eigenvalue weighted by Crippen LogP contribution is -2.27. The predicted octanol–water partition coefficient (Wildman–Crippen LogP) is 3.43. The minimum Gasteiger partial charge on any atom is -0.325 e. The maximum atomic E-state index is 11.9. The number of hydrogen-bond donors (Lipinski definition) is 2. The lowest BCUT2D eigenvalue weighted by Gasteiger charge is -2.18. The summed E-state index contributed by atoms with van der Waals surface area (Å²) in [4.78, 5) is 13.7. The number of hydrogen-bond acceptors (Lipinski definition) is 3. The number of amides is 1. The zero-order chi connectivity index (χ0) is 17.4. The summed E-state index contributed by atoms with van der Waals surface area (Å²) >= 11 is 0. The largest absolute Gasteiger partial charge is 0.325 e. The molecule has 0 spiro atoms. The molecule has 128 valence electrons. The van der Waals surface area contributed by atoms with Crippen LogP contribution in [-0.2, 0) is 11.3 Å². The molecule has 0 fully saturated rings. The lowest BCUT2D eigenvalue weighted by molar-refractivity contribution is -0.116. The molecule has 24 heavy (non-hydrogen) atoms. The molecule has 0 saturated carbocycles. The molecule has 0 aliphatic carbocycles. The van der Waals surface area contributed by atoms with Crippen molar-refractivity contribution in [2.45, 2.75) is 25.9 Å². The molecule has 0 aliphatic rings. The minimum atomic E-state index is 0.000768. The van der Waals surface area contributed by atoms with Gasteiger partial charge in [0.25, 0.3) is 0 Å². The molecule has 1 unspecified atom stereocenters. The fraction of sp³-hybridized carbons (Fsp3) is 0.350. The first kappa shape index (κ1) is 18.2. The monoisotopic (exact) mass is 325 g/mol. The van der Waals surface area contributed by atoms with E-state index >= 15 is 0 Å². The molecule has 0 radical (unpaired) electrons. The van der Waals surface area contributed by atoms with Gasteiger partial charge in [0, 0.05) is 18.3 Å². The first-order valence-electron chi connectivity index (χ1n) is 8.40. The highest BCUT2D eigenvalue weighted by atomic mass is 16.2. The summed E-state index contributed by atoms with van der Waals surface area (Å²) < 4.78 is 0. The Morgan fingerprint density at radius 3 is 2.50 bits per heavy atom. The van der Waals surface area contributed by atoms with Crippen molar-refractivity contribution in [3.63, 3.8) is 0 Å². The number of carbonyl (C=O) groups is 1. The van der Waals surface area contributed by atoms with Gasteiger partial charge in [-0.3, -0.25) is 4.79 Å². The van der Waals surface area contributed by atoms with Crippen LogP contribution in [0.4, 0.5) is 5.69 Å². The molecule has 0 saturated heterocycles. The Morgan fingerprint density at radius 1 is 1.08 bits per heavy atom. The van der Waals surface area contributed by atoms with Crippen molar-refractivity contribution < 1.29 is 4.79 Å². The van der Waals surface area contributed by atoms with Gasteiger partial charge in [-0.15, -0.1) is 0 Å². The van der Waals surface area contributed by atoms with Crippen LogP contribution in [0.15, 0.2) is 54.6 Å². The molecule has 0 heterocycles.